The van der Waals surface area contributed by atoms with E-state index < -0.39 is 0 Å². The maximum absolute atomic E-state index is 5.73. The highest BCUT2D eigenvalue weighted by Crippen LogP contribution is 2.33. The number of piperidine rings is 1. The summed E-state index contributed by atoms with van der Waals surface area (Å²) in [5.41, 5.74) is 7.84. The first kappa shape index (κ1) is 11.9. The van der Waals surface area contributed by atoms with Crippen molar-refractivity contribution < 1.29 is 9.47 Å². The molecule has 5 heteroatoms. The standard InChI is InChI=1S/C13H19N3O2/c14-10-11-12(2-1-5-15-11)16-6-3-13(4-7-16)17-8-9-18-13/h1-2,5H,3-4,6-10,14H2. The van der Waals surface area contributed by atoms with E-state index in [1.807, 2.05) is 6.07 Å². The molecule has 18 heavy (non-hydrogen) atoms. The van der Waals surface area contributed by atoms with E-state index in [-0.39, 0.29) is 5.79 Å². The number of hydrogen-bond donors (Lipinski definition) is 1. The van der Waals surface area contributed by atoms with Crippen molar-refractivity contribution >= 4 is 5.69 Å². The lowest BCUT2D eigenvalue weighted by molar-refractivity contribution is -0.169. The van der Waals surface area contributed by atoms with Gasteiger partial charge >= 0.3 is 0 Å². The fourth-order valence-corrected chi connectivity index (χ4v) is 2.75. The number of rotatable bonds is 2. The van der Waals surface area contributed by atoms with E-state index in [9.17, 15) is 0 Å². The molecule has 0 radical (unpaired) electrons. The minimum Gasteiger partial charge on any atom is -0.370 e. The quantitative estimate of drug-likeness (QED) is 0.843. The maximum Gasteiger partial charge on any atom is 0.171 e. The molecule has 1 aromatic rings. The number of anilines is 1. The van der Waals surface area contributed by atoms with E-state index in [4.69, 9.17) is 15.2 Å². The Morgan fingerprint density at radius 3 is 2.67 bits per heavy atom. The zero-order chi connectivity index (χ0) is 12.4. The van der Waals surface area contributed by atoms with Gasteiger partial charge in [0.2, 0.25) is 0 Å². The third-order valence-electron chi connectivity index (χ3n) is 3.74. The van der Waals surface area contributed by atoms with Crippen LogP contribution in [0.3, 0.4) is 0 Å². The van der Waals surface area contributed by atoms with Gasteiger partial charge in [-0.1, -0.05) is 0 Å². The first-order valence-electron chi connectivity index (χ1n) is 6.50. The summed E-state index contributed by atoms with van der Waals surface area (Å²) in [4.78, 5) is 6.66. The van der Waals surface area contributed by atoms with Crippen LogP contribution in [0.5, 0.6) is 0 Å². The Morgan fingerprint density at radius 1 is 1.28 bits per heavy atom. The molecule has 1 spiro atoms. The van der Waals surface area contributed by atoms with Gasteiger partial charge in [-0.2, -0.15) is 0 Å². The lowest BCUT2D eigenvalue weighted by atomic mass is 10.0. The summed E-state index contributed by atoms with van der Waals surface area (Å²) in [6, 6.07) is 4.05. The third kappa shape index (κ3) is 2.09. The average molecular weight is 249 g/mol. The largest absolute Gasteiger partial charge is 0.370 e. The molecule has 5 nitrogen and oxygen atoms in total. The van der Waals surface area contributed by atoms with Crippen LogP contribution in [0.25, 0.3) is 0 Å². The lowest BCUT2D eigenvalue weighted by Gasteiger charge is -2.39. The summed E-state index contributed by atoms with van der Waals surface area (Å²) in [6.07, 6.45) is 3.61. The van der Waals surface area contributed by atoms with E-state index in [0.29, 0.717) is 6.54 Å². The number of hydrogen-bond acceptors (Lipinski definition) is 5. The van der Waals surface area contributed by atoms with E-state index in [1.54, 1.807) is 6.20 Å². The summed E-state index contributed by atoms with van der Waals surface area (Å²) in [5, 5.41) is 0. The van der Waals surface area contributed by atoms with Gasteiger partial charge in [-0.15, -0.1) is 0 Å². The van der Waals surface area contributed by atoms with Crippen LogP contribution in [-0.4, -0.2) is 37.1 Å². The number of nitrogens with zero attached hydrogens (tertiary/aromatic N) is 2. The van der Waals surface area contributed by atoms with Crippen LogP contribution >= 0.6 is 0 Å². The Labute approximate surface area is 107 Å². The SMILES string of the molecule is NCc1ncccc1N1CCC2(CC1)OCCO2. The minimum absolute atomic E-state index is 0.318. The van der Waals surface area contributed by atoms with Crippen LogP contribution in [0.2, 0.25) is 0 Å². The van der Waals surface area contributed by atoms with Crippen molar-refractivity contribution in [3.63, 3.8) is 0 Å². The zero-order valence-corrected chi connectivity index (χ0v) is 10.5. The molecule has 2 aliphatic rings. The van der Waals surface area contributed by atoms with Gasteiger partial charge in [-0.3, -0.25) is 4.98 Å². The third-order valence-corrected chi connectivity index (χ3v) is 3.74. The van der Waals surface area contributed by atoms with Gasteiger partial charge in [0, 0.05) is 38.7 Å². The molecule has 3 rings (SSSR count). The second-order valence-electron chi connectivity index (χ2n) is 4.77. The Morgan fingerprint density at radius 2 is 2.00 bits per heavy atom. The van der Waals surface area contributed by atoms with Crippen molar-refractivity contribution in [2.75, 3.05) is 31.2 Å². The molecule has 2 saturated heterocycles. The zero-order valence-electron chi connectivity index (χ0n) is 10.5. The van der Waals surface area contributed by atoms with E-state index in [2.05, 4.69) is 16.0 Å². The molecule has 0 aromatic carbocycles. The lowest BCUT2D eigenvalue weighted by Crippen LogP contribution is -2.45. The predicted octanol–water partition coefficient (Wildman–Crippen LogP) is 0.884. The fraction of sp³-hybridized carbons (Fsp3) is 0.615. The summed E-state index contributed by atoms with van der Waals surface area (Å²) in [5.74, 6) is -0.318. The normalized spacial score (nSPS) is 22.6. The van der Waals surface area contributed by atoms with E-state index >= 15 is 0 Å². The molecule has 0 aliphatic carbocycles. The molecule has 0 bridgehead atoms. The van der Waals surface area contributed by atoms with Crippen molar-refractivity contribution in [2.45, 2.75) is 25.2 Å². The molecule has 2 N–H and O–H groups in total. The van der Waals surface area contributed by atoms with Crippen LogP contribution in [-0.2, 0) is 16.0 Å². The highest BCUT2D eigenvalue weighted by Gasteiger charge is 2.40. The molecule has 0 amide bonds. The highest BCUT2D eigenvalue weighted by molar-refractivity contribution is 5.50. The van der Waals surface area contributed by atoms with Crippen LogP contribution < -0.4 is 10.6 Å². The molecule has 0 saturated carbocycles. The van der Waals surface area contributed by atoms with Gasteiger partial charge in [0.15, 0.2) is 5.79 Å². The summed E-state index contributed by atoms with van der Waals surface area (Å²) in [7, 11) is 0. The predicted molar refractivity (Wildman–Crippen MR) is 68.2 cm³/mol. The van der Waals surface area contributed by atoms with Gasteiger partial charge in [-0.25, -0.2) is 0 Å². The summed E-state index contributed by atoms with van der Waals surface area (Å²) >= 11 is 0. The van der Waals surface area contributed by atoms with Crippen molar-refractivity contribution in [3.8, 4) is 0 Å². The van der Waals surface area contributed by atoms with Gasteiger partial charge < -0.3 is 20.1 Å². The average Bonchev–Trinajstić information content (AvgIpc) is 2.88. The molecule has 0 unspecified atom stereocenters. The van der Waals surface area contributed by atoms with Crippen molar-refractivity contribution in [2.24, 2.45) is 5.73 Å². The van der Waals surface area contributed by atoms with Crippen LogP contribution in [0, 0.1) is 0 Å². The number of nitrogens with two attached hydrogens (primary N) is 1. The summed E-state index contributed by atoms with van der Waals surface area (Å²) in [6.45, 7) is 3.78. The summed E-state index contributed by atoms with van der Waals surface area (Å²) < 4.78 is 11.5. The topological polar surface area (TPSA) is 60.6 Å². The fourth-order valence-electron chi connectivity index (χ4n) is 2.75. The highest BCUT2D eigenvalue weighted by atomic mass is 16.7. The molecule has 3 heterocycles. The molecule has 2 fully saturated rings. The number of pyridine rings is 1. The number of ether oxygens (including phenoxy) is 2. The molecule has 1 aromatic heterocycles. The van der Waals surface area contributed by atoms with Crippen LogP contribution in [0.4, 0.5) is 5.69 Å². The van der Waals surface area contributed by atoms with Gasteiger partial charge in [0.25, 0.3) is 0 Å². The first-order chi connectivity index (χ1) is 8.83. The molecular weight excluding hydrogens is 230 g/mol. The smallest absolute Gasteiger partial charge is 0.171 e. The molecule has 2 aliphatic heterocycles. The monoisotopic (exact) mass is 249 g/mol. The molecule has 0 atom stereocenters. The maximum atomic E-state index is 5.73. The van der Waals surface area contributed by atoms with Gasteiger partial charge in [0.1, 0.15) is 0 Å². The van der Waals surface area contributed by atoms with Gasteiger partial charge in [-0.05, 0) is 12.1 Å². The second-order valence-corrected chi connectivity index (χ2v) is 4.77. The minimum atomic E-state index is -0.318. The molecular formula is C13H19N3O2. The van der Waals surface area contributed by atoms with E-state index in [1.165, 1.54) is 0 Å². The first-order valence-corrected chi connectivity index (χ1v) is 6.50. The van der Waals surface area contributed by atoms with Crippen molar-refractivity contribution in [1.29, 1.82) is 0 Å². The Kier molecular flexibility index (Phi) is 3.20. The van der Waals surface area contributed by atoms with Gasteiger partial charge in [0.05, 0.1) is 24.6 Å². The van der Waals surface area contributed by atoms with Crippen molar-refractivity contribution in [1.82, 2.24) is 4.98 Å². The Hall–Kier alpha value is -1.17. The van der Waals surface area contributed by atoms with Crippen LogP contribution in [0.15, 0.2) is 18.3 Å². The Bertz CT molecular complexity index is 408. The number of aromatic nitrogens is 1. The van der Waals surface area contributed by atoms with Crippen molar-refractivity contribution in [3.05, 3.63) is 24.0 Å². The Balaban J connectivity index is 1.72. The van der Waals surface area contributed by atoms with E-state index in [0.717, 1.165) is 50.5 Å². The van der Waals surface area contributed by atoms with Crippen LogP contribution in [0.1, 0.15) is 18.5 Å². The second kappa shape index (κ2) is 4.84. The molecule has 98 valence electrons.